The fourth-order valence-corrected chi connectivity index (χ4v) is 0.448. The zero-order valence-electron chi connectivity index (χ0n) is 5.40. The highest BCUT2D eigenvalue weighted by Crippen LogP contribution is 1.88. The number of carboxylic acid groups (broad SMARTS) is 1. The van der Waals surface area contributed by atoms with Gasteiger partial charge in [0.05, 0.1) is 0 Å². The quantitative estimate of drug-likeness (QED) is 0.419. The molecule has 2 N–H and O–H groups in total. The third-order valence-corrected chi connectivity index (χ3v) is 0.968. The molecule has 1 atom stereocenters. The van der Waals surface area contributed by atoms with E-state index < -0.39 is 17.0 Å². The van der Waals surface area contributed by atoms with Crippen LogP contribution in [0.4, 0.5) is 0 Å². The lowest BCUT2D eigenvalue weighted by atomic mass is 10.2. The van der Waals surface area contributed by atoms with Gasteiger partial charge in [-0.1, -0.05) is 6.92 Å². The molecule has 0 radical (unpaired) electrons. The zero-order valence-corrected chi connectivity index (χ0v) is 5.40. The van der Waals surface area contributed by atoms with Gasteiger partial charge in [0.15, 0.2) is 11.1 Å². The van der Waals surface area contributed by atoms with Crippen LogP contribution >= 0.6 is 0 Å². The molecule has 0 spiro atoms. The fraction of sp³-hybridized carbons (Fsp3) is 0.750. The smallest absolute Gasteiger partial charge is 0.332 e. The summed E-state index contributed by atoms with van der Waals surface area (Å²) in [5.74, 6) is -1.21. The molecule has 0 heterocycles. The minimum Gasteiger partial charge on any atom is -0.480 e. The van der Waals surface area contributed by atoms with E-state index in [0.717, 1.165) is 0 Å². The molecule has 10 heavy (non-hydrogen) atoms. The number of hydrazine groups is 1. The molecule has 1 unspecified atom stereocenters. The van der Waals surface area contributed by atoms with Crippen molar-refractivity contribution in [2.75, 3.05) is 0 Å². The summed E-state index contributed by atoms with van der Waals surface area (Å²) < 4.78 is 0. The molecule has 6 heteroatoms. The highest BCUT2D eigenvalue weighted by Gasteiger charge is 2.18. The predicted octanol–water partition coefficient (Wildman–Crippen LogP) is -0.369. The lowest BCUT2D eigenvalue weighted by Gasteiger charge is -2.03. The number of carbonyl (C=O) groups is 1. The van der Waals surface area contributed by atoms with E-state index in [0.29, 0.717) is 0 Å². The van der Waals surface area contributed by atoms with E-state index in [1.165, 1.54) is 0 Å². The Morgan fingerprint density at radius 2 is 2.40 bits per heavy atom. The summed E-state index contributed by atoms with van der Waals surface area (Å²) in [5.41, 5.74) is 1.65. The second-order valence-electron chi connectivity index (χ2n) is 1.69. The Labute approximate surface area is 57.0 Å². The van der Waals surface area contributed by atoms with E-state index in [-0.39, 0.29) is 6.42 Å². The summed E-state index contributed by atoms with van der Waals surface area (Å²) in [5, 5.41) is 17.1. The van der Waals surface area contributed by atoms with Gasteiger partial charge < -0.3 is 5.11 Å². The molecule has 0 aliphatic heterocycles. The van der Waals surface area contributed by atoms with Gasteiger partial charge in [-0.3, -0.25) is 0 Å². The van der Waals surface area contributed by atoms with Crippen LogP contribution in [0.15, 0.2) is 0 Å². The number of hydrogen-bond donors (Lipinski definition) is 2. The molecule has 0 fully saturated rings. The van der Waals surface area contributed by atoms with Gasteiger partial charge >= 0.3 is 5.97 Å². The minimum atomic E-state index is -1.21. The molecule has 0 aliphatic carbocycles. The van der Waals surface area contributed by atoms with Crippen LogP contribution in [0.5, 0.6) is 0 Å². The summed E-state index contributed by atoms with van der Waals surface area (Å²) >= 11 is 0. The van der Waals surface area contributed by atoms with E-state index in [1.54, 1.807) is 12.3 Å². The van der Waals surface area contributed by atoms with E-state index >= 15 is 0 Å². The lowest BCUT2D eigenvalue weighted by Crippen LogP contribution is -2.39. The van der Waals surface area contributed by atoms with E-state index in [4.69, 9.17) is 5.11 Å². The zero-order chi connectivity index (χ0) is 8.15. The number of hydrogen-bond acceptors (Lipinski definition) is 3. The largest absolute Gasteiger partial charge is 0.480 e. The number of nitrogens with zero attached hydrogens (tertiary/aromatic N) is 1. The predicted molar refractivity (Wildman–Crippen MR) is 31.8 cm³/mol. The van der Waals surface area contributed by atoms with Crippen molar-refractivity contribution < 1.29 is 14.9 Å². The molecule has 0 amide bonds. The van der Waals surface area contributed by atoms with Crippen molar-refractivity contribution in [1.29, 1.82) is 0 Å². The van der Waals surface area contributed by atoms with Gasteiger partial charge in [-0.05, 0) is 6.42 Å². The van der Waals surface area contributed by atoms with Crippen LogP contribution in [0, 0.1) is 10.1 Å². The van der Waals surface area contributed by atoms with Crippen molar-refractivity contribution in [2.45, 2.75) is 19.4 Å². The fourth-order valence-electron chi connectivity index (χ4n) is 0.448. The SMILES string of the molecule is CCC(N[N+](=O)[O-])C(=O)O. The third-order valence-electron chi connectivity index (χ3n) is 0.968. The number of carboxylic acids is 1. The second kappa shape index (κ2) is 3.65. The Morgan fingerprint density at radius 3 is 2.50 bits per heavy atom. The molecule has 0 bridgehead atoms. The van der Waals surface area contributed by atoms with Crippen molar-refractivity contribution >= 4 is 5.97 Å². The van der Waals surface area contributed by atoms with Gasteiger partial charge in [0.1, 0.15) is 0 Å². The normalized spacial score (nSPS) is 12.1. The molecular formula is C4H8N2O4. The maximum Gasteiger partial charge on any atom is 0.332 e. The Bertz CT molecular complexity index is 146. The number of rotatable bonds is 4. The van der Waals surface area contributed by atoms with E-state index in [1.807, 2.05) is 0 Å². The second-order valence-corrected chi connectivity index (χ2v) is 1.69. The molecule has 58 valence electrons. The van der Waals surface area contributed by atoms with Gasteiger partial charge in [-0.25, -0.2) is 14.9 Å². The maximum atomic E-state index is 10.1. The first-order valence-corrected chi connectivity index (χ1v) is 2.71. The number of aliphatic carboxylic acids is 1. The van der Waals surface area contributed by atoms with Crippen molar-refractivity contribution in [3.8, 4) is 0 Å². The highest BCUT2D eigenvalue weighted by molar-refractivity contribution is 5.73. The molecular weight excluding hydrogens is 140 g/mol. The van der Waals surface area contributed by atoms with Crippen LogP contribution in [-0.2, 0) is 4.79 Å². The summed E-state index contributed by atoms with van der Waals surface area (Å²) in [4.78, 5) is 19.8. The van der Waals surface area contributed by atoms with Crippen molar-refractivity contribution in [1.82, 2.24) is 5.43 Å². The Kier molecular flexibility index (Phi) is 3.16. The standard InChI is InChI=1S/C4H8N2O4/c1-2-3(4(7)8)5-6(9)10/h3,5H,2H2,1H3,(H,7,8). The Morgan fingerprint density at radius 1 is 1.90 bits per heavy atom. The van der Waals surface area contributed by atoms with Gasteiger partial charge in [0, 0.05) is 0 Å². The molecule has 0 aromatic heterocycles. The highest BCUT2D eigenvalue weighted by atomic mass is 16.7. The van der Waals surface area contributed by atoms with Crippen molar-refractivity contribution in [2.24, 2.45) is 0 Å². The van der Waals surface area contributed by atoms with Crippen LogP contribution in [0.25, 0.3) is 0 Å². The van der Waals surface area contributed by atoms with Crippen LogP contribution < -0.4 is 5.43 Å². The van der Waals surface area contributed by atoms with Gasteiger partial charge in [-0.2, -0.15) is 0 Å². The minimum absolute atomic E-state index is 0.191. The summed E-state index contributed by atoms with van der Waals surface area (Å²) in [6.07, 6.45) is 0.191. The van der Waals surface area contributed by atoms with Crippen molar-refractivity contribution in [3.05, 3.63) is 10.1 Å². The average molecular weight is 148 g/mol. The third kappa shape index (κ3) is 2.85. The van der Waals surface area contributed by atoms with Gasteiger partial charge in [-0.15, -0.1) is 5.43 Å². The molecule has 0 saturated heterocycles. The molecule has 0 aromatic carbocycles. The summed E-state index contributed by atoms with van der Waals surface area (Å²) in [6.45, 7) is 1.55. The number of nitrogens with one attached hydrogen (secondary N) is 1. The number of nitro groups is 1. The van der Waals surface area contributed by atoms with Gasteiger partial charge in [0.2, 0.25) is 0 Å². The first-order valence-electron chi connectivity index (χ1n) is 2.71. The Balaban J connectivity index is 3.83. The monoisotopic (exact) mass is 148 g/mol. The summed E-state index contributed by atoms with van der Waals surface area (Å²) in [6, 6.07) is -1.09. The van der Waals surface area contributed by atoms with E-state index in [2.05, 4.69) is 0 Å². The maximum absolute atomic E-state index is 10.1. The van der Waals surface area contributed by atoms with Crippen LogP contribution in [0.1, 0.15) is 13.3 Å². The van der Waals surface area contributed by atoms with Gasteiger partial charge in [0.25, 0.3) is 0 Å². The molecule has 0 saturated carbocycles. The van der Waals surface area contributed by atoms with Crippen molar-refractivity contribution in [3.63, 3.8) is 0 Å². The Hall–Kier alpha value is -1.33. The molecule has 0 aromatic rings. The average Bonchev–Trinajstić information content (AvgIpc) is 1.81. The van der Waals surface area contributed by atoms with Crippen LogP contribution in [-0.4, -0.2) is 22.1 Å². The lowest BCUT2D eigenvalue weighted by molar-refractivity contribution is -0.548. The molecule has 6 nitrogen and oxygen atoms in total. The van der Waals surface area contributed by atoms with Crippen LogP contribution in [0.3, 0.4) is 0 Å². The van der Waals surface area contributed by atoms with Crippen LogP contribution in [0.2, 0.25) is 0 Å². The first kappa shape index (κ1) is 8.67. The molecule has 0 aliphatic rings. The summed E-state index contributed by atoms with van der Waals surface area (Å²) in [7, 11) is 0. The molecule has 0 rings (SSSR count). The topological polar surface area (TPSA) is 92.5 Å². The first-order chi connectivity index (χ1) is 4.57. The van der Waals surface area contributed by atoms with E-state index in [9.17, 15) is 14.9 Å².